The van der Waals surface area contributed by atoms with Crippen molar-refractivity contribution in [2.24, 2.45) is 10.8 Å². The van der Waals surface area contributed by atoms with Crippen LogP contribution in [0.15, 0.2) is 72.8 Å². The number of rotatable bonds is 16. The SMILES string of the molecule is CN[C@@H](C)C(=O)N[C@H](C(=O)N1C[C@@H](c2ccc3c(c2)CN(C(=O)[C@@H](NC(=O)[C@H](C)NC)C(C)(C)C)[C@H](C(=O)N[C@@H]2CCCc4ccccc42)C3)C[C@H]1C(=O)N[C@H](CO)Cc1ccccc1)C(C)(C)C. The molecule has 15 heteroatoms. The summed E-state index contributed by atoms with van der Waals surface area (Å²) in [5.74, 6) is -2.44. The van der Waals surface area contributed by atoms with E-state index in [1.165, 1.54) is 5.56 Å². The Hall–Kier alpha value is -5.64. The van der Waals surface area contributed by atoms with Crippen LogP contribution in [0.25, 0.3) is 0 Å². The number of hydrogen-bond acceptors (Lipinski definition) is 9. The van der Waals surface area contributed by atoms with Crippen LogP contribution in [0.2, 0.25) is 0 Å². The first kappa shape index (κ1) is 52.7. The van der Waals surface area contributed by atoms with Crippen LogP contribution in [0.5, 0.6) is 0 Å². The number of fused-ring (bicyclic) bond motifs is 2. The number of aliphatic hydroxyl groups excluding tert-OH is 1. The van der Waals surface area contributed by atoms with Crippen molar-refractivity contribution in [2.75, 3.05) is 27.2 Å². The van der Waals surface area contributed by atoms with Crippen molar-refractivity contribution in [2.45, 2.75) is 155 Å². The first-order valence-corrected chi connectivity index (χ1v) is 24.7. The number of carbonyl (C=O) groups is 6. The molecule has 0 spiro atoms. The van der Waals surface area contributed by atoms with Crippen molar-refractivity contribution < 1.29 is 33.9 Å². The molecule has 9 atom stereocenters. The number of nitrogens with one attached hydrogen (secondary N) is 6. The summed E-state index contributed by atoms with van der Waals surface area (Å²) < 4.78 is 0. The van der Waals surface area contributed by atoms with Crippen LogP contribution in [0.1, 0.15) is 120 Å². The predicted octanol–water partition coefficient (Wildman–Crippen LogP) is 3.82. The number of aliphatic hydroxyl groups is 1. The molecule has 3 aromatic rings. The normalized spacial score (nSPS) is 21.4. The number of nitrogens with zero attached hydrogens (tertiary/aromatic N) is 2. The van der Waals surface area contributed by atoms with Gasteiger partial charge in [-0.1, -0.05) is 114 Å². The predicted molar refractivity (Wildman–Crippen MR) is 267 cm³/mol. The van der Waals surface area contributed by atoms with E-state index in [-0.39, 0.29) is 68.1 Å². The van der Waals surface area contributed by atoms with Gasteiger partial charge in [-0.15, -0.1) is 0 Å². The molecule has 2 heterocycles. The summed E-state index contributed by atoms with van der Waals surface area (Å²) in [5, 5.41) is 28.6. The van der Waals surface area contributed by atoms with Gasteiger partial charge in [0.25, 0.3) is 0 Å². The van der Waals surface area contributed by atoms with E-state index in [1.807, 2.05) is 102 Å². The summed E-state index contributed by atoms with van der Waals surface area (Å²) in [4.78, 5) is 88.9. The summed E-state index contributed by atoms with van der Waals surface area (Å²) in [5.41, 5.74) is 4.36. The van der Waals surface area contributed by atoms with Crippen LogP contribution in [0.3, 0.4) is 0 Å². The van der Waals surface area contributed by atoms with Crippen molar-refractivity contribution in [3.8, 4) is 0 Å². The van der Waals surface area contributed by atoms with Gasteiger partial charge in [-0.25, -0.2) is 0 Å². The van der Waals surface area contributed by atoms with Gasteiger partial charge in [0.2, 0.25) is 35.4 Å². The topological polar surface area (TPSA) is 201 Å². The molecule has 15 nitrogen and oxygen atoms in total. The van der Waals surface area contributed by atoms with Gasteiger partial charge in [0, 0.05) is 25.4 Å². The maximum atomic E-state index is 15.1. The minimum Gasteiger partial charge on any atom is -0.394 e. The zero-order valence-electron chi connectivity index (χ0n) is 42.3. The highest BCUT2D eigenvalue weighted by molar-refractivity contribution is 5.95. The second-order valence-corrected chi connectivity index (χ2v) is 21.5. The molecule has 1 aliphatic carbocycles. The minimum absolute atomic E-state index is 0.0874. The zero-order valence-corrected chi connectivity index (χ0v) is 42.3. The fourth-order valence-electron chi connectivity index (χ4n) is 9.85. The Labute approximate surface area is 408 Å². The number of likely N-dealkylation sites (N-methyl/N-ethyl adjacent to an activating group) is 2. The summed E-state index contributed by atoms with van der Waals surface area (Å²) >= 11 is 0. The molecule has 6 amide bonds. The van der Waals surface area contributed by atoms with Crippen LogP contribution < -0.4 is 31.9 Å². The molecule has 69 heavy (non-hydrogen) atoms. The molecular formula is C54H76N8O7. The summed E-state index contributed by atoms with van der Waals surface area (Å²) in [6.45, 7) is 14.7. The molecule has 1 fully saturated rings. The van der Waals surface area contributed by atoms with E-state index < -0.39 is 64.9 Å². The van der Waals surface area contributed by atoms with E-state index in [1.54, 1.807) is 37.7 Å². The van der Waals surface area contributed by atoms with Crippen molar-refractivity contribution in [1.29, 1.82) is 0 Å². The number of amides is 6. The fourth-order valence-corrected chi connectivity index (χ4v) is 9.85. The Balaban J connectivity index is 1.34. The molecule has 0 bridgehead atoms. The van der Waals surface area contributed by atoms with Crippen molar-refractivity contribution >= 4 is 35.4 Å². The third-order valence-electron chi connectivity index (χ3n) is 14.3. The molecule has 0 radical (unpaired) electrons. The lowest BCUT2D eigenvalue weighted by Gasteiger charge is -2.42. The summed E-state index contributed by atoms with van der Waals surface area (Å²) in [7, 11) is 3.35. The van der Waals surface area contributed by atoms with Gasteiger partial charge < -0.3 is 46.8 Å². The summed E-state index contributed by atoms with van der Waals surface area (Å²) in [6, 6.07) is 18.0. The quantitative estimate of drug-likeness (QED) is 0.112. The maximum Gasteiger partial charge on any atom is 0.246 e. The van der Waals surface area contributed by atoms with E-state index >= 15 is 4.79 Å². The largest absolute Gasteiger partial charge is 0.394 e. The Bertz CT molecular complexity index is 2330. The van der Waals surface area contributed by atoms with Crippen molar-refractivity contribution in [3.05, 3.63) is 106 Å². The lowest BCUT2D eigenvalue weighted by molar-refractivity contribution is -0.147. The minimum atomic E-state index is -0.964. The molecule has 6 rings (SSSR count). The molecule has 7 N–H and O–H groups in total. The van der Waals surface area contributed by atoms with Crippen LogP contribution in [-0.2, 0) is 54.6 Å². The monoisotopic (exact) mass is 949 g/mol. The lowest BCUT2D eigenvalue weighted by Crippen LogP contribution is -2.62. The van der Waals surface area contributed by atoms with Crippen LogP contribution in [0.4, 0.5) is 0 Å². The molecule has 0 aromatic heterocycles. The average Bonchev–Trinajstić information content (AvgIpc) is 3.78. The molecule has 0 saturated carbocycles. The van der Waals surface area contributed by atoms with Gasteiger partial charge >= 0.3 is 0 Å². The van der Waals surface area contributed by atoms with Gasteiger partial charge in [0.15, 0.2) is 0 Å². The molecule has 2 aliphatic heterocycles. The number of likely N-dealkylation sites (tertiary alicyclic amines) is 1. The van der Waals surface area contributed by atoms with Crippen LogP contribution in [-0.4, -0.2) is 120 Å². The Morgan fingerprint density at radius 3 is 1.88 bits per heavy atom. The molecule has 374 valence electrons. The zero-order chi connectivity index (χ0) is 50.4. The lowest BCUT2D eigenvalue weighted by atomic mass is 9.83. The van der Waals surface area contributed by atoms with Gasteiger partial charge in [-0.05, 0) is 104 Å². The van der Waals surface area contributed by atoms with Crippen LogP contribution in [0, 0.1) is 10.8 Å². The maximum absolute atomic E-state index is 15.1. The highest BCUT2D eigenvalue weighted by Crippen LogP contribution is 2.38. The van der Waals surface area contributed by atoms with E-state index in [0.717, 1.165) is 47.1 Å². The standard InChI is InChI=1S/C54H76N8O7/c1-32(55-9)47(64)59-45(53(3,4)5)51(68)61-29-38-26-36(23-24-37(38)27-43(61)50(67)58-42-22-16-20-35-19-14-15-21-41(35)42)39-28-44(49(66)57-40(31-63)25-34-17-12-11-13-18-34)62(30-39)52(69)46(54(6,7)8)60-48(65)33(2)56-10/h11-15,17-19,21,23-24,26,32-33,39-40,42-46,55-56,63H,16,20,22,25,27-31H2,1-10H3,(H,57,66)(H,58,67)(H,59,64)(H,60,65)/t32-,33-,39-,40-,42+,43-,44-,45+,46+/m0/s1. The number of carbonyl (C=O) groups excluding carboxylic acids is 6. The summed E-state index contributed by atoms with van der Waals surface area (Å²) in [6.07, 6.45) is 3.52. The highest BCUT2D eigenvalue weighted by atomic mass is 16.3. The molecule has 1 saturated heterocycles. The first-order chi connectivity index (χ1) is 32.6. The smallest absolute Gasteiger partial charge is 0.246 e. The average molecular weight is 949 g/mol. The Morgan fingerprint density at radius 1 is 0.696 bits per heavy atom. The second kappa shape index (κ2) is 22.4. The number of hydrogen-bond donors (Lipinski definition) is 7. The van der Waals surface area contributed by atoms with E-state index in [9.17, 15) is 29.1 Å². The molecular weight excluding hydrogens is 873 g/mol. The third kappa shape index (κ3) is 12.6. The van der Waals surface area contributed by atoms with Crippen molar-refractivity contribution in [3.63, 3.8) is 0 Å². The number of benzene rings is 3. The number of aryl methyl sites for hydroxylation is 1. The van der Waals surface area contributed by atoms with Gasteiger partial charge in [0.05, 0.1) is 30.8 Å². The van der Waals surface area contributed by atoms with Gasteiger partial charge in [-0.2, -0.15) is 0 Å². The van der Waals surface area contributed by atoms with Crippen molar-refractivity contribution in [1.82, 2.24) is 41.7 Å². The first-order valence-electron chi connectivity index (χ1n) is 24.7. The highest BCUT2D eigenvalue weighted by Gasteiger charge is 2.47. The Morgan fingerprint density at radius 2 is 1.29 bits per heavy atom. The Kier molecular flexibility index (Phi) is 17.1. The fraction of sp³-hybridized carbons (Fsp3) is 0.556. The molecule has 3 aromatic carbocycles. The third-order valence-corrected chi connectivity index (χ3v) is 14.3. The van der Waals surface area contributed by atoms with Gasteiger partial charge in [-0.3, -0.25) is 28.8 Å². The van der Waals surface area contributed by atoms with E-state index in [4.69, 9.17) is 0 Å². The molecule has 0 unspecified atom stereocenters. The van der Waals surface area contributed by atoms with E-state index in [2.05, 4.69) is 44.0 Å². The van der Waals surface area contributed by atoms with Gasteiger partial charge in [0.1, 0.15) is 24.2 Å². The second-order valence-electron chi connectivity index (χ2n) is 21.5. The van der Waals surface area contributed by atoms with E-state index in [0.29, 0.717) is 6.42 Å². The van der Waals surface area contributed by atoms with Crippen LogP contribution >= 0.6 is 0 Å². The molecule has 3 aliphatic rings.